The van der Waals surface area contributed by atoms with Crippen molar-refractivity contribution in [1.82, 2.24) is 0 Å². The van der Waals surface area contributed by atoms with Gasteiger partial charge in [-0.1, -0.05) is 0 Å². The van der Waals surface area contributed by atoms with Gasteiger partial charge < -0.3 is 14.6 Å². The molecule has 0 heterocycles. The van der Waals surface area contributed by atoms with Crippen LogP contribution in [0.2, 0.25) is 0 Å². The van der Waals surface area contributed by atoms with E-state index in [2.05, 4.69) is 9.47 Å². The lowest BCUT2D eigenvalue weighted by Crippen LogP contribution is -2.51. The summed E-state index contributed by atoms with van der Waals surface area (Å²) in [5.74, 6) is -8.93. The van der Waals surface area contributed by atoms with Crippen LogP contribution in [0.4, 0.5) is 22.0 Å². The second kappa shape index (κ2) is 5.13. The standard InChI is InChI=1S/C8H11F5O4/c1-5(14)17-8(15,7(11,12)13)16-4-3-6(2,9)10/h15H,3-4H2,1-2H3. The van der Waals surface area contributed by atoms with Crippen LogP contribution < -0.4 is 0 Å². The minimum atomic E-state index is -5.44. The molecule has 0 saturated carbocycles. The van der Waals surface area contributed by atoms with Crippen LogP contribution in [0, 0.1) is 0 Å². The minimum Gasteiger partial charge on any atom is -0.401 e. The average molecular weight is 266 g/mol. The quantitative estimate of drug-likeness (QED) is 0.468. The number of halogens is 5. The van der Waals surface area contributed by atoms with Crippen LogP contribution in [0.25, 0.3) is 0 Å². The Balaban J connectivity index is 4.57. The summed E-state index contributed by atoms with van der Waals surface area (Å²) in [6.07, 6.45) is -6.51. The van der Waals surface area contributed by atoms with E-state index in [1.54, 1.807) is 0 Å². The summed E-state index contributed by atoms with van der Waals surface area (Å²) >= 11 is 0. The Morgan fingerprint density at radius 1 is 1.24 bits per heavy atom. The highest BCUT2D eigenvalue weighted by Gasteiger charge is 2.60. The van der Waals surface area contributed by atoms with Gasteiger partial charge in [0, 0.05) is 13.3 Å². The number of carbonyl (C=O) groups excluding carboxylic acids is 1. The fraction of sp³-hybridized carbons (Fsp3) is 0.875. The van der Waals surface area contributed by atoms with Gasteiger partial charge in [-0.15, -0.1) is 0 Å². The third-order valence-electron chi connectivity index (χ3n) is 1.48. The number of carbonyl (C=O) groups is 1. The summed E-state index contributed by atoms with van der Waals surface area (Å²) in [6.45, 7) is -0.0594. The summed E-state index contributed by atoms with van der Waals surface area (Å²) < 4.78 is 68.7. The first-order valence-corrected chi connectivity index (χ1v) is 4.38. The maximum atomic E-state index is 12.3. The second-order valence-corrected chi connectivity index (χ2v) is 3.34. The molecular formula is C8H11F5O4. The van der Waals surface area contributed by atoms with Crippen molar-refractivity contribution in [3.63, 3.8) is 0 Å². The molecule has 1 unspecified atom stereocenters. The van der Waals surface area contributed by atoms with Gasteiger partial charge in [-0.3, -0.25) is 4.79 Å². The Bertz CT molecular complexity index is 272. The lowest BCUT2D eigenvalue weighted by atomic mass is 10.3. The van der Waals surface area contributed by atoms with Gasteiger partial charge in [-0.2, -0.15) is 13.2 Å². The molecule has 0 aromatic rings. The summed E-state index contributed by atoms with van der Waals surface area (Å²) in [4.78, 5) is 10.4. The zero-order chi connectivity index (χ0) is 13.9. The van der Waals surface area contributed by atoms with E-state index in [0.717, 1.165) is 0 Å². The molecule has 0 aliphatic carbocycles. The van der Waals surface area contributed by atoms with Crippen LogP contribution in [0.15, 0.2) is 0 Å². The molecule has 4 nitrogen and oxygen atoms in total. The zero-order valence-electron chi connectivity index (χ0n) is 8.98. The molecule has 0 aliphatic rings. The van der Waals surface area contributed by atoms with Crippen LogP contribution >= 0.6 is 0 Å². The highest BCUT2D eigenvalue weighted by Crippen LogP contribution is 2.33. The molecule has 0 radical (unpaired) electrons. The minimum absolute atomic E-state index is 0.467. The summed E-state index contributed by atoms with van der Waals surface area (Å²) in [5, 5.41) is 8.88. The van der Waals surface area contributed by atoms with Gasteiger partial charge in [0.1, 0.15) is 0 Å². The molecule has 0 rings (SSSR count). The Morgan fingerprint density at radius 3 is 2.00 bits per heavy atom. The lowest BCUT2D eigenvalue weighted by molar-refractivity contribution is -0.455. The molecule has 0 aromatic heterocycles. The van der Waals surface area contributed by atoms with Crippen molar-refractivity contribution in [1.29, 1.82) is 0 Å². The van der Waals surface area contributed by atoms with Crippen LogP contribution in [0.3, 0.4) is 0 Å². The molecular weight excluding hydrogens is 255 g/mol. The first-order chi connectivity index (χ1) is 7.37. The Hall–Kier alpha value is -0.960. The second-order valence-electron chi connectivity index (χ2n) is 3.34. The van der Waals surface area contributed by atoms with Gasteiger partial charge in [-0.25, -0.2) is 8.78 Å². The highest BCUT2D eigenvalue weighted by atomic mass is 19.4. The predicted octanol–water partition coefficient (Wildman–Crippen LogP) is 1.82. The lowest BCUT2D eigenvalue weighted by Gasteiger charge is -2.28. The van der Waals surface area contributed by atoms with Crippen molar-refractivity contribution in [3.05, 3.63) is 0 Å². The molecule has 0 saturated heterocycles. The van der Waals surface area contributed by atoms with Gasteiger partial charge in [0.15, 0.2) is 0 Å². The van der Waals surface area contributed by atoms with Gasteiger partial charge in [0.25, 0.3) is 0 Å². The van der Waals surface area contributed by atoms with Crippen molar-refractivity contribution >= 4 is 5.97 Å². The fourth-order valence-corrected chi connectivity index (χ4v) is 0.733. The molecule has 1 N–H and O–H groups in total. The Labute approximate surface area is 93.3 Å². The SMILES string of the molecule is CC(=O)OC(O)(OCCC(C)(F)F)C(F)(F)F. The van der Waals surface area contributed by atoms with Gasteiger partial charge >= 0.3 is 18.1 Å². The topological polar surface area (TPSA) is 55.8 Å². The van der Waals surface area contributed by atoms with E-state index >= 15 is 0 Å². The van der Waals surface area contributed by atoms with Crippen molar-refractivity contribution in [3.8, 4) is 0 Å². The van der Waals surface area contributed by atoms with E-state index in [1.165, 1.54) is 0 Å². The first kappa shape index (κ1) is 16.0. The average Bonchev–Trinajstić information content (AvgIpc) is 1.96. The number of hydrogen-bond acceptors (Lipinski definition) is 4. The summed E-state index contributed by atoms with van der Waals surface area (Å²) in [6, 6.07) is 0. The van der Waals surface area contributed by atoms with Crippen molar-refractivity contribution < 1.29 is 41.3 Å². The summed E-state index contributed by atoms with van der Waals surface area (Å²) in [7, 11) is 0. The van der Waals surface area contributed by atoms with E-state index in [4.69, 9.17) is 5.11 Å². The largest absolute Gasteiger partial charge is 0.486 e. The van der Waals surface area contributed by atoms with Gasteiger partial charge in [-0.05, 0) is 6.92 Å². The van der Waals surface area contributed by atoms with E-state index in [0.29, 0.717) is 13.8 Å². The zero-order valence-corrected chi connectivity index (χ0v) is 8.98. The molecule has 0 aliphatic heterocycles. The van der Waals surface area contributed by atoms with Crippen molar-refractivity contribution in [2.75, 3.05) is 6.61 Å². The monoisotopic (exact) mass is 266 g/mol. The van der Waals surface area contributed by atoms with E-state index in [1.807, 2.05) is 0 Å². The normalized spacial score (nSPS) is 16.5. The van der Waals surface area contributed by atoms with Gasteiger partial charge in [0.05, 0.1) is 6.61 Å². The molecule has 17 heavy (non-hydrogen) atoms. The maximum absolute atomic E-state index is 12.3. The number of esters is 1. The third-order valence-corrected chi connectivity index (χ3v) is 1.48. The molecule has 0 bridgehead atoms. The van der Waals surface area contributed by atoms with Crippen molar-refractivity contribution in [2.45, 2.75) is 38.3 Å². The van der Waals surface area contributed by atoms with Gasteiger partial charge in [0.2, 0.25) is 5.92 Å². The van der Waals surface area contributed by atoms with E-state index < -0.39 is 37.1 Å². The smallest absolute Gasteiger partial charge is 0.401 e. The van der Waals surface area contributed by atoms with Crippen LogP contribution in [-0.2, 0) is 14.3 Å². The number of rotatable bonds is 5. The molecule has 0 spiro atoms. The Morgan fingerprint density at radius 2 is 1.71 bits per heavy atom. The van der Waals surface area contributed by atoms with Crippen molar-refractivity contribution in [2.24, 2.45) is 0 Å². The maximum Gasteiger partial charge on any atom is 0.486 e. The molecule has 1 atom stereocenters. The number of alkyl halides is 5. The first-order valence-electron chi connectivity index (χ1n) is 4.38. The molecule has 0 fully saturated rings. The predicted molar refractivity (Wildman–Crippen MR) is 44.0 cm³/mol. The third kappa shape index (κ3) is 5.78. The van der Waals surface area contributed by atoms with E-state index in [9.17, 15) is 26.7 Å². The molecule has 0 amide bonds. The van der Waals surface area contributed by atoms with Crippen LogP contribution in [-0.4, -0.2) is 35.8 Å². The number of ether oxygens (including phenoxy) is 2. The fourth-order valence-electron chi connectivity index (χ4n) is 0.733. The Kier molecular flexibility index (Phi) is 4.84. The van der Waals surface area contributed by atoms with Crippen LogP contribution in [0.1, 0.15) is 20.3 Å². The summed E-state index contributed by atoms with van der Waals surface area (Å²) in [5.41, 5.74) is 0. The molecule has 102 valence electrons. The molecule has 9 heteroatoms. The number of hydrogen-bond donors (Lipinski definition) is 1. The van der Waals surface area contributed by atoms with E-state index in [-0.39, 0.29) is 0 Å². The van der Waals surface area contributed by atoms with Crippen LogP contribution in [0.5, 0.6) is 0 Å². The highest BCUT2D eigenvalue weighted by molar-refractivity contribution is 5.66. The number of aliphatic hydroxyl groups is 1. The molecule has 0 aromatic carbocycles.